The lowest BCUT2D eigenvalue weighted by Gasteiger charge is -2.29. The van der Waals surface area contributed by atoms with Crippen molar-refractivity contribution >= 4 is 23.1 Å². The first-order chi connectivity index (χ1) is 8.07. The molecule has 0 radical (unpaired) electrons. The zero-order valence-electron chi connectivity index (χ0n) is 12.4. The van der Waals surface area contributed by atoms with E-state index in [4.69, 9.17) is 18.0 Å². The predicted octanol–water partition coefficient (Wildman–Crippen LogP) is 2.63. The summed E-state index contributed by atoms with van der Waals surface area (Å²) in [5, 5.41) is 3.15. The molecule has 1 fully saturated rings. The number of hydrogen-bond acceptors (Lipinski definition) is 2. The van der Waals surface area contributed by atoms with Crippen molar-refractivity contribution in [3.63, 3.8) is 0 Å². The molecule has 1 aliphatic rings. The largest absolute Gasteiger partial charge is 0.392 e. The Kier molecular flexibility index (Phi) is 3.84. The van der Waals surface area contributed by atoms with Gasteiger partial charge in [0.05, 0.1) is 10.4 Å². The molecule has 1 aliphatic carbocycles. The van der Waals surface area contributed by atoms with Crippen LogP contribution in [0, 0.1) is 16.2 Å². The third-order valence-corrected chi connectivity index (χ3v) is 5.80. The van der Waals surface area contributed by atoms with Gasteiger partial charge in [-0.2, -0.15) is 0 Å². The lowest BCUT2D eigenvalue weighted by molar-refractivity contribution is -0.128. The normalized spacial score (nSPS) is 21.4. The fourth-order valence-electron chi connectivity index (χ4n) is 2.86. The third kappa shape index (κ3) is 1.94. The fourth-order valence-corrected chi connectivity index (χ4v) is 3.24. The van der Waals surface area contributed by atoms with Gasteiger partial charge in [-0.25, -0.2) is 0 Å². The van der Waals surface area contributed by atoms with Gasteiger partial charge in [0.1, 0.15) is 0 Å². The number of hydrogen-bond donors (Lipinski definition) is 2. The number of rotatable bonds is 5. The average Bonchev–Trinajstić information content (AvgIpc) is 2.63. The lowest BCUT2D eigenvalue weighted by Crippen LogP contribution is -2.49. The summed E-state index contributed by atoms with van der Waals surface area (Å²) in [6, 6.07) is 0.198. The van der Waals surface area contributed by atoms with Gasteiger partial charge in [0, 0.05) is 6.04 Å². The molecule has 1 saturated carbocycles. The monoisotopic (exact) mass is 270 g/mol. The van der Waals surface area contributed by atoms with Gasteiger partial charge in [0.25, 0.3) is 0 Å². The maximum absolute atomic E-state index is 12.5. The smallest absolute Gasteiger partial charge is 0.233 e. The summed E-state index contributed by atoms with van der Waals surface area (Å²) in [6.45, 7) is 12.6. The molecule has 0 aliphatic heterocycles. The van der Waals surface area contributed by atoms with Crippen molar-refractivity contribution in [1.82, 2.24) is 5.32 Å². The van der Waals surface area contributed by atoms with Crippen LogP contribution >= 0.6 is 12.2 Å². The highest BCUT2D eigenvalue weighted by Gasteiger charge is 2.66. The van der Waals surface area contributed by atoms with E-state index in [-0.39, 0.29) is 22.8 Å². The summed E-state index contributed by atoms with van der Waals surface area (Å²) in [5.41, 5.74) is 5.37. The Hall–Kier alpha value is -0.640. The summed E-state index contributed by atoms with van der Waals surface area (Å²) in [6.07, 6.45) is 1.30. The second kappa shape index (κ2) is 4.48. The van der Waals surface area contributed by atoms with Crippen LogP contribution in [0.4, 0.5) is 0 Å². The standard InChI is InChI=1S/C14H26N2OS/c1-7-14(8-2,10(15)18)11(17)16-9-12(3,4)13(9,5)6/h9H,7-8H2,1-6H3,(H2,15,18)(H,16,17). The van der Waals surface area contributed by atoms with Crippen LogP contribution in [-0.2, 0) is 4.79 Å². The van der Waals surface area contributed by atoms with Crippen LogP contribution in [0.15, 0.2) is 0 Å². The number of nitrogens with two attached hydrogens (primary N) is 1. The van der Waals surface area contributed by atoms with Crippen LogP contribution in [0.2, 0.25) is 0 Å². The minimum absolute atomic E-state index is 0.0105. The van der Waals surface area contributed by atoms with Crippen LogP contribution in [0.5, 0.6) is 0 Å². The number of nitrogens with one attached hydrogen (secondary N) is 1. The highest BCUT2D eigenvalue weighted by Crippen LogP contribution is 2.62. The van der Waals surface area contributed by atoms with Gasteiger partial charge in [-0.3, -0.25) is 4.79 Å². The Morgan fingerprint density at radius 2 is 1.61 bits per heavy atom. The fraction of sp³-hybridized carbons (Fsp3) is 0.857. The summed E-state index contributed by atoms with van der Waals surface area (Å²) in [5.74, 6) is -0.0105. The van der Waals surface area contributed by atoms with Gasteiger partial charge in [0.15, 0.2) is 0 Å². The van der Waals surface area contributed by atoms with Gasteiger partial charge in [-0.05, 0) is 23.7 Å². The van der Waals surface area contributed by atoms with Crippen LogP contribution in [0.25, 0.3) is 0 Å². The topological polar surface area (TPSA) is 55.1 Å². The molecule has 1 rings (SSSR count). The van der Waals surface area contributed by atoms with Gasteiger partial charge >= 0.3 is 0 Å². The molecule has 0 bridgehead atoms. The van der Waals surface area contributed by atoms with Crippen LogP contribution in [0.1, 0.15) is 54.4 Å². The van der Waals surface area contributed by atoms with E-state index in [1.165, 1.54) is 0 Å². The first-order valence-electron chi connectivity index (χ1n) is 6.68. The van der Waals surface area contributed by atoms with Crippen LogP contribution < -0.4 is 11.1 Å². The minimum atomic E-state index is -0.690. The molecule has 0 saturated heterocycles. The zero-order valence-corrected chi connectivity index (χ0v) is 13.2. The summed E-state index contributed by atoms with van der Waals surface area (Å²) < 4.78 is 0. The first kappa shape index (κ1) is 15.4. The second-order valence-corrected chi connectivity index (χ2v) is 6.94. The Balaban J connectivity index is 2.87. The van der Waals surface area contributed by atoms with Gasteiger partial charge < -0.3 is 11.1 Å². The molecule has 0 spiro atoms. The van der Waals surface area contributed by atoms with E-state index < -0.39 is 5.41 Å². The quantitative estimate of drug-likeness (QED) is 0.755. The van der Waals surface area contributed by atoms with E-state index in [2.05, 4.69) is 33.0 Å². The maximum Gasteiger partial charge on any atom is 0.233 e. The highest BCUT2D eigenvalue weighted by molar-refractivity contribution is 7.80. The summed E-state index contributed by atoms with van der Waals surface area (Å²) in [4.78, 5) is 12.8. The molecule has 4 heteroatoms. The molecule has 104 valence electrons. The predicted molar refractivity (Wildman–Crippen MR) is 79.3 cm³/mol. The molecule has 0 atom stereocenters. The van der Waals surface area contributed by atoms with Crippen molar-refractivity contribution in [3.8, 4) is 0 Å². The Bertz CT molecular complexity index is 356. The van der Waals surface area contributed by atoms with E-state index in [1.54, 1.807) is 0 Å². The zero-order chi connectivity index (χ0) is 14.4. The Morgan fingerprint density at radius 1 is 1.22 bits per heavy atom. The molecular formula is C14H26N2OS. The first-order valence-corrected chi connectivity index (χ1v) is 7.09. The molecule has 0 aromatic heterocycles. The number of carbonyl (C=O) groups excluding carboxylic acids is 1. The molecule has 3 N–H and O–H groups in total. The van der Waals surface area contributed by atoms with E-state index in [1.807, 2.05) is 13.8 Å². The van der Waals surface area contributed by atoms with E-state index in [0.29, 0.717) is 17.8 Å². The second-order valence-electron chi connectivity index (χ2n) is 6.50. The van der Waals surface area contributed by atoms with Gasteiger partial charge in [0.2, 0.25) is 5.91 Å². The molecular weight excluding hydrogens is 244 g/mol. The minimum Gasteiger partial charge on any atom is -0.392 e. The number of thiocarbonyl (C=S) groups is 1. The van der Waals surface area contributed by atoms with Crippen molar-refractivity contribution in [2.45, 2.75) is 60.4 Å². The van der Waals surface area contributed by atoms with E-state index >= 15 is 0 Å². The molecule has 18 heavy (non-hydrogen) atoms. The van der Waals surface area contributed by atoms with Crippen molar-refractivity contribution in [1.29, 1.82) is 0 Å². The molecule has 0 heterocycles. The van der Waals surface area contributed by atoms with E-state index in [9.17, 15) is 4.79 Å². The van der Waals surface area contributed by atoms with Gasteiger partial charge in [-0.1, -0.05) is 53.8 Å². The lowest BCUT2D eigenvalue weighted by atomic mass is 9.81. The van der Waals surface area contributed by atoms with Crippen molar-refractivity contribution in [3.05, 3.63) is 0 Å². The van der Waals surface area contributed by atoms with E-state index in [0.717, 1.165) is 0 Å². The SMILES string of the molecule is CCC(CC)(C(=O)NC1C(C)(C)C1(C)C)C(N)=S. The van der Waals surface area contributed by atoms with Crippen molar-refractivity contribution < 1.29 is 4.79 Å². The summed E-state index contributed by atoms with van der Waals surface area (Å²) >= 11 is 5.11. The molecule has 3 nitrogen and oxygen atoms in total. The summed E-state index contributed by atoms with van der Waals surface area (Å²) in [7, 11) is 0. The Labute approximate surface area is 116 Å². The van der Waals surface area contributed by atoms with Crippen molar-refractivity contribution in [2.75, 3.05) is 0 Å². The van der Waals surface area contributed by atoms with Gasteiger partial charge in [-0.15, -0.1) is 0 Å². The average molecular weight is 270 g/mol. The Morgan fingerprint density at radius 3 is 1.83 bits per heavy atom. The highest BCUT2D eigenvalue weighted by atomic mass is 32.1. The third-order valence-electron chi connectivity index (χ3n) is 5.41. The number of carbonyl (C=O) groups is 1. The molecule has 0 unspecified atom stereocenters. The maximum atomic E-state index is 12.5. The molecule has 0 aromatic rings. The molecule has 1 amide bonds. The van der Waals surface area contributed by atoms with Crippen molar-refractivity contribution in [2.24, 2.45) is 22.0 Å². The number of amides is 1. The van der Waals surface area contributed by atoms with Crippen LogP contribution in [-0.4, -0.2) is 16.9 Å². The van der Waals surface area contributed by atoms with Crippen LogP contribution in [0.3, 0.4) is 0 Å². The molecule has 0 aromatic carbocycles.